The molecule has 0 spiro atoms. The summed E-state index contributed by atoms with van der Waals surface area (Å²) in [5.74, 6) is -0.385. The van der Waals surface area contributed by atoms with Crippen LogP contribution in [0.15, 0.2) is 0 Å². The van der Waals surface area contributed by atoms with Crippen molar-refractivity contribution in [3.8, 4) is 0 Å². The minimum absolute atomic E-state index is 0.317. The van der Waals surface area contributed by atoms with Crippen molar-refractivity contribution >= 4 is 28.4 Å². The molecule has 0 fully saturated rings. The largest absolute Gasteiger partial charge is 0.462 e. The first-order valence-corrected chi connectivity index (χ1v) is 6.80. The van der Waals surface area contributed by atoms with Crippen molar-refractivity contribution in [1.29, 1.82) is 0 Å². The molecule has 1 amide bonds. The van der Waals surface area contributed by atoms with E-state index in [4.69, 9.17) is 15.2 Å². The lowest BCUT2D eigenvalue weighted by Crippen LogP contribution is -2.35. The number of fused-ring (bicyclic) bond motifs is 1. The Morgan fingerprint density at radius 3 is 2.84 bits per heavy atom. The number of anilines is 1. The number of methoxy groups -OCH3 is 1. The van der Waals surface area contributed by atoms with Crippen molar-refractivity contribution in [2.45, 2.75) is 19.9 Å². The molecule has 19 heavy (non-hydrogen) atoms. The van der Waals surface area contributed by atoms with Crippen molar-refractivity contribution in [1.82, 2.24) is 4.90 Å². The zero-order chi connectivity index (χ0) is 14.0. The molecule has 1 aliphatic heterocycles. The zero-order valence-electron chi connectivity index (χ0n) is 10.9. The van der Waals surface area contributed by atoms with Gasteiger partial charge in [-0.15, -0.1) is 11.3 Å². The fraction of sp³-hybridized carbons (Fsp3) is 0.500. The Hall–Kier alpha value is -1.76. The molecule has 7 heteroatoms. The van der Waals surface area contributed by atoms with Gasteiger partial charge in [0.15, 0.2) is 0 Å². The Morgan fingerprint density at radius 2 is 2.21 bits per heavy atom. The summed E-state index contributed by atoms with van der Waals surface area (Å²) < 4.78 is 9.71. The van der Waals surface area contributed by atoms with Crippen molar-refractivity contribution in [2.24, 2.45) is 0 Å². The van der Waals surface area contributed by atoms with E-state index < -0.39 is 0 Å². The highest BCUT2D eigenvalue weighted by atomic mass is 32.1. The van der Waals surface area contributed by atoms with Gasteiger partial charge in [-0.25, -0.2) is 9.59 Å². The Kier molecular flexibility index (Phi) is 3.94. The third-order valence-electron chi connectivity index (χ3n) is 3.00. The van der Waals surface area contributed by atoms with Crippen molar-refractivity contribution in [2.75, 3.05) is 26.0 Å². The van der Waals surface area contributed by atoms with Crippen LogP contribution in [-0.2, 0) is 22.4 Å². The summed E-state index contributed by atoms with van der Waals surface area (Å²) in [6, 6.07) is 0. The van der Waals surface area contributed by atoms with Gasteiger partial charge in [-0.2, -0.15) is 0 Å². The molecular formula is C12H16N2O4S. The average Bonchev–Trinajstić information content (AvgIpc) is 2.72. The number of ether oxygens (including phenoxy) is 2. The summed E-state index contributed by atoms with van der Waals surface area (Å²) >= 11 is 1.33. The van der Waals surface area contributed by atoms with Crippen LogP contribution in [0, 0.1) is 0 Å². The first-order valence-electron chi connectivity index (χ1n) is 5.98. The van der Waals surface area contributed by atoms with Crippen LogP contribution in [0.5, 0.6) is 0 Å². The van der Waals surface area contributed by atoms with E-state index in [1.807, 2.05) is 0 Å². The molecule has 0 aromatic carbocycles. The summed E-state index contributed by atoms with van der Waals surface area (Å²) in [4.78, 5) is 25.9. The number of thiophene rings is 1. The molecule has 0 unspecified atom stereocenters. The molecule has 2 heterocycles. The van der Waals surface area contributed by atoms with Crippen molar-refractivity contribution in [3.63, 3.8) is 0 Å². The molecule has 0 bridgehead atoms. The first-order chi connectivity index (χ1) is 9.08. The fourth-order valence-electron chi connectivity index (χ4n) is 2.14. The average molecular weight is 284 g/mol. The van der Waals surface area contributed by atoms with E-state index in [9.17, 15) is 9.59 Å². The summed E-state index contributed by atoms with van der Waals surface area (Å²) in [5.41, 5.74) is 7.26. The van der Waals surface area contributed by atoms with Crippen LogP contribution in [0.4, 0.5) is 9.80 Å². The van der Waals surface area contributed by atoms with Crippen LogP contribution in [0.1, 0.15) is 27.7 Å². The lowest BCUT2D eigenvalue weighted by molar-refractivity contribution is 0.0526. The highest BCUT2D eigenvalue weighted by Gasteiger charge is 2.29. The Labute approximate surface area is 115 Å². The van der Waals surface area contributed by atoms with Crippen LogP contribution in [-0.4, -0.2) is 37.2 Å². The van der Waals surface area contributed by atoms with Crippen molar-refractivity contribution < 1.29 is 19.1 Å². The minimum Gasteiger partial charge on any atom is -0.462 e. The zero-order valence-corrected chi connectivity index (χ0v) is 11.7. The summed E-state index contributed by atoms with van der Waals surface area (Å²) in [7, 11) is 1.35. The van der Waals surface area contributed by atoms with Gasteiger partial charge in [0.05, 0.1) is 25.8 Å². The lowest BCUT2D eigenvalue weighted by atomic mass is 10.0. The third kappa shape index (κ3) is 2.51. The predicted octanol–water partition coefficient (Wildman–Crippen LogP) is 1.63. The van der Waals surface area contributed by atoms with Gasteiger partial charge in [-0.3, -0.25) is 0 Å². The molecule has 0 radical (unpaired) electrons. The maximum absolute atomic E-state index is 11.9. The summed E-state index contributed by atoms with van der Waals surface area (Å²) in [5, 5.41) is 0.454. The summed E-state index contributed by atoms with van der Waals surface area (Å²) in [6.07, 6.45) is 0.224. The number of carbonyl (C=O) groups is 2. The van der Waals surface area contributed by atoms with Crippen LogP contribution in [0.2, 0.25) is 0 Å². The smallest absolute Gasteiger partial charge is 0.409 e. The van der Waals surface area contributed by atoms with Gasteiger partial charge in [-0.05, 0) is 18.9 Å². The molecule has 6 nitrogen and oxygen atoms in total. The lowest BCUT2D eigenvalue weighted by Gasteiger charge is -2.25. The van der Waals surface area contributed by atoms with E-state index in [-0.39, 0.29) is 12.1 Å². The number of nitrogens with zero attached hydrogens (tertiary/aromatic N) is 1. The molecule has 0 atom stereocenters. The molecule has 0 saturated carbocycles. The van der Waals surface area contributed by atoms with E-state index in [0.29, 0.717) is 36.7 Å². The van der Waals surface area contributed by atoms with E-state index >= 15 is 0 Å². The third-order valence-corrected chi connectivity index (χ3v) is 4.04. The molecule has 0 aliphatic carbocycles. The van der Waals surface area contributed by atoms with E-state index in [1.165, 1.54) is 18.4 Å². The normalized spacial score (nSPS) is 13.9. The monoisotopic (exact) mass is 284 g/mol. The van der Waals surface area contributed by atoms with Gasteiger partial charge >= 0.3 is 12.1 Å². The second-order valence-electron chi connectivity index (χ2n) is 4.11. The number of esters is 1. The van der Waals surface area contributed by atoms with E-state index in [0.717, 1.165) is 10.4 Å². The molecule has 2 N–H and O–H groups in total. The van der Waals surface area contributed by atoms with Gasteiger partial charge in [0.25, 0.3) is 0 Å². The van der Waals surface area contributed by atoms with Gasteiger partial charge in [0.2, 0.25) is 0 Å². The number of hydrogen-bond acceptors (Lipinski definition) is 6. The molecule has 1 aliphatic rings. The Bertz CT molecular complexity index is 512. The van der Waals surface area contributed by atoms with Crippen LogP contribution in [0.25, 0.3) is 0 Å². The number of nitrogens with two attached hydrogens (primary N) is 1. The SMILES string of the molecule is CCOC(=O)c1c(N)sc2c1CCN(C(=O)OC)C2. The van der Waals surface area contributed by atoms with Crippen LogP contribution in [0.3, 0.4) is 0 Å². The van der Waals surface area contributed by atoms with Crippen molar-refractivity contribution in [3.05, 3.63) is 16.0 Å². The topological polar surface area (TPSA) is 81.9 Å². The van der Waals surface area contributed by atoms with E-state index in [1.54, 1.807) is 11.8 Å². The van der Waals surface area contributed by atoms with Crippen LogP contribution < -0.4 is 5.73 Å². The summed E-state index contributed by atoms with van der Waals surface area (Å²) in [6.45, 7) is 3.02. The number of hydrogen-bond donors (Lipinski definition) is 1. The van der Waals surface area contributed by atoms with Crippen LogP contribution >= 0.6 is 11.3 Å². The van der Waals surface area contributed by atoms with Gasteiger partial charge in [0, 0.05) is 11.4 Å². The highest BCUT2D eigenvalue weighted by molar-refractivity contribution is 7.16. The fourth-order valence-corrected chi connectivity index (χ4v) is 3.26. The second-order valence-corrected chi connectivity index (χ2v) is 5.24. The quantitative estimate of drug-likeness (QED) is 0.835. The predicted molar refractivity (Wildman–Crippen MR) is 71.2 cm³/mol. The molecule has 1 aromatic heterocycles. The number of amides is 1. The molecule has 2 rings (SSSR count). The van der Waals surface area contributed by atoms with E-state index in [2.05, 4.69) is 0 Å². The Balaban J connectivity index is 2.27. The molecule has 1 aromatic rings. The van der Waals surface area contributed by atoms with Gasteiger partial charge in [0.1, 0.15) is 5.00 Å². The maximum atomic E-state index is 11.9. The first kappa shape index (κ1) is 13.7. The van der Waals surface area contributed by atoms with Gasteiger partial charge < -0.3 is 20.1 Å². The van der Waals surface area contributed by atoms with Gasteiger partial charge in [-0.1, -0.05) is 0 Å². The molecular weight excluding hydrogens is 268 g/mol. The standard InChI is InChI=1S/C12H16N2O4S/c1-3-18-11(15)9-7-4-5-14(12(16)17-2)6-8(7)19-10(9)13/h3-6,13H2,1-2H3. The highest BCUT2D eigenvalue weighted by Crippen LogP contribution is 2.35. The second kappa shape index (κ2) is 5.48. The minimum atomic E-state index is -0.385. The number of nitrogen functional groups attached to an aromatic ring is 1. The Morgan fingerprint density at radius 1 is 1.47 bits per heavy atom. The number of rotatable bonds is 2. The molecule has 104 valence electrons. The molecule has 0 saturated heterocycles. The maximum Gasteiger partial charge on any atom is 0.409 e. The number of carbonyl (C=O) groups excluding carboxylic acids is 2.